The van der Waals surface area contributed by atoms with Crippen LogP contribution >= 0.6 is 0 Å². The van der Waals surface area contributed by atoms with Gasteiger partial charge in [0.05, 0.1) is 6.10 Å². The first kappa shape index (κ1) is 15.4. The van der Waals surface area contributed by atoms with E-state index < -0.39 is 0 Å². The summed E-state index contributed by atoms with van der Waals surface area (Å²) in [5.74, 6) is 0.994. The van der Waals surface area contributed by atoms with E-state index in [9.17, 15) is 0 Å². The lowest BCUT2D eigenvalue weighted by Gasteiger charge is -2.32. The third-order valence-corrected chi connectivity index (χ3v) is 4.36. The van der Waals surface area contributed by atoms with Gasteiger partial charge in [0.25, 0.3) is 0 Å². The van der Waals surface area contributed by atoms with Crippen molar-refractivity contribution in [3.05, 3.63) is 29.8 Å². The van der Waals surface area contributed by atoms with Crippen LogP contribution in [0.4, 0.5) is 0 Å². The molecule has 1 heterocycles. The quantitative estimate of drug-likeness (QED) is 0.762. The van der Waals surface area contributed by atoms with Gasteiger partial charge in [0.2, 0.25) is 0 Å². The van der Waals surface area contributed by atoms with Crippen molar-refractivity contribution in [1.82, 2.24) is 4.90 Å². The summed E-state index contributed by atoms with van der Waals surface area (Å²) in [7, 11) is 0. The van der Waals surface area contributed by atoms with Crippen LogP contribution in [0.25, 0.3) is 0 Å². The Morgan fingerprint density at radius 3 is 2.30 bits per heavy atom. The van der Waals surface area contributed by atoms with Crippen LogP contribution in [0, 0.1) is 6.92 Å². The molecule has 20 heavy (non-hydrogen) atoms. The van der Waals surface area contributed by atoms with E-state index in [1.165, 1.54) is 44.3 Å². The maximum atomic E-state index is 5.99. The summed E-state index contributed by atoms with van der Waals surface area (Å²) in [6.07, 6.45) is 6.82. The van der Waals surface area contributed by atoms with E-state index >= 15 is 0 Å². The number of rotatable bonds is 6. The van der Waals surface area contributed by atoms with Crippen LogP contribution < -0.4 is 4.74 Å². The third-order valence-electron chi connectivity index (χ3n) is 4.36. The molecule has 1 aliphatic rings. The Hall–Kier alpha value is -1.02. The summed E-state index contributed by atoms with van der Waals surface area (Å²) in [4.78, 5) is 2.64. The molecule has 1 fully saturated rings. The van der Waals surface area contributed by atoms with Gasteiger partial charge in [-0.15, -0.1) is 0 Å². The first-order valence-corrected chi connectivity index (χ1v) is 8.12. The Balaban J connectivity index is 1.71. The van der Waals surface area contributed by atoms with E-state index in [-0.39, 0.29) is 0 Å². The molecule has 1 saturated heterocycles. The van der Waals surface area contributed by atoms with Crippen LogP contribution in [0.5, 0.6) is 5.75 Å². The fourth-order valence-electron chi connectivity index (χ4n) is 2.93. The van der Waals surface area contributed by atoms with Crippen molar-refractivity contribution in [3.8, 4) is 5.75 Å². The summed E-state index contributed by atoms with van der Waals surface area (Å²) in [5.41, 5.74) is 1.28. The Labute approximate surface area is 124 Å². The molecular formula is C18H29NO. The van der Waals surface area contributed by atoms with Crippen molar-refractivity contribution in [2.24, 2.45) is 0 Å². The molecule has 1 aliphatic heterocycles. The second-order valence-electron chi connectivity index (χ2n) is 6.26. The largest absolute Gasteiger partial charge is 0.491 e. The van der Waals surface area contributed by atoms with E-state index in [4.69, 9.17) is 4.74 Å². The normalized spacial score (nSPS) is 19.6. The third kappa shape index (κ3) is 4.82. The molecule has 0 unspecified atom stereocenters. The number of aryl methyl sites for hydroxylation is 1. The van der Waals surface area contributed by atoms with Crippen LogP contribution in [0.15, 0.2) is 24.3 Å². The molecule has 0 spiro atoms. The molecule has 0 aromatic heterocycles. The highest BCUT2D eigenvalue weighted by Crippen LogP contribution is 2.18. The number of hydrogen-bond donors (Lipinski definition) is 0. The van der Waals surface area contributed by atoms with Gasteiger partial charge in [0.15, 0.2) is 0 Å². The minimum Gasteiger partial charge on any atom is -0.491 e. The van der Waals surface area contributed by atoms with E-state index in [2.05, 4.69) is 49.9 Å². The number of piperidine rings is 1. The number of benzene rings is 1. The first-order valence-electron chi connectivity index (χ1n) is 8.12. The predicted octanol–water partition coefficient (Wildman–Crippen LogP) is 4.42. The molecule has 2 rings (SSSR count). The van der Waals surface area contributed by atoms with E-state index in [0.717, 1.165) is 12.2 Å². The summed E-state index contributed by atoms with van der Waals surface area (Å²) in [6.45, 7) is 9.23. The monoisotopic (exact) mass is 275 g/mol. The topological polar surface area (TPSA) is 12.5 Å². The van der Waals surface area contributed by atoms with Gasteiger partial charge in [-0.1, -0.05) is 24.1 Å². The molecule has 0 N–H and O–H groups in total. The summed E-state index contributed by atoms with van der Waals surface area (Å²) >= 11 is 0. The lowest BCUT2D eigenvalue weighted by molar-refractivity contribution is 0.142. The van der Waals surface area contributed by atoms with Gasteiger partial charge in [-0.25, -0.2) is 0 Å². The lowest BCUT2D eigenvalue weighted by atomic mass is 10.0. The highest BCUT2D eigenvalue weighted by molar-refractivity contribution is 5.26. The van der Waals surface area contributed by atoms with Gasteiger partial charge in [0, 0.05) is 6.04 Å². The van der Waals surface area contributed by atoms with Crippen LogP contribution in [0.2, 0.25) is 0 Å². The number of likely N-dealkylation sites (tertiary alicyclic amines) is 1. The van der Waals surface area contributed by atoms with Gasteiger partial charge < -0.3 is 9.64 Å². The molecule has 2 nitrogen and oxygen atoms in total. The number of nitrogens with zero attached hydrogens (tertiary/aromatic N) is 1. The van der Waals surface area contributed by atoms with E-state index in [0.29, 0.717) is 12.1 Å². The smallest absolute Gasteiger partial charge is 0.119 e. The maximum absolute atomic E-state index is 5.99. The minimum absolute atomic E-state index is 0.296. The van der Waals surface area contributed by atoms with Crippen LogP contribution in [0.1, 0.15) is 51.5 Å². The van der Waals surface area contributed by atoms with Crippen LogP contribution in [-0.4, -0.2) is 30.1 Å². The Morgan fingerprint density at radius 1 is 1.00 bits per heavy atom. The molecule has 2 heteroatoms. The minimum atomic E-state index is 0.296. The van der Waals surface area contributed by atoms with Gasteiger partial charge >= 0.3 is 0 Å². The number of hydrogen-bond acceptors (Lipinski definition) is 2. The summed E-state index contributed by atoms with van der Waals surface area (Å²) in [6, 6.07) is 9.05. The fraction of sp³-hybridized carbons (Fsp3) is 0.667. The van der Waals surface area contributed by atoms with Gasteiger partial charge in [-0.2, -0.15) is 0 Å². The highest BCUT2D eigenvalue weighted by atomic mass is 16.5. The SMILES string of the molecule is Cc1ccc(O[C@H](C)CC[C@@H](C)N2CCCCC2)cc1. The summed E-state index contributed by atoms with van der Waals surface area (Å²) in [5, 5.41) is 0. The molecule has 0 amide bonds. The Kier molecular flexibility index (Phi) is 5.90. The average molecular weight is 275 g/mol. The molecule has 2 atom stereocenters. The standard InChI is InChI=1S/C18H29NO/c1-15-7-11-18(12-8-15)20-17(3)10-9-16(2)19-13-5-4-6-14-19/h7-8,11-12,16-17H,4-6,9-10,13-14H2,1-3H3/t16-,17-/m1/s1. The molecule has 0 saturated carbocycles. The van der Waals surface area contributed by atoms with E-state index in [1.807, 2.05) is 0 Å². The summed E-state index contributed by atoms with van der Waals surface area (Å²) < 4.78 is 5.99. The molecule has 0 radical (unpaired) electrons. The van der Waals surface area contributed by atoms with Crippen LogP contribution in [0.3, 0.4) is 0 Å². The first-order chi connectivity index (χ1) is 9.65. The van der Waals surface area contributed by atoms with Gasteiger partial charge in [-0.3, -0.25) is 0 Å². The van der Waals surface area contributed by atoms with Crippen LogP contribution in [-0.2, 0) is 0 Å². The zero-order chi connectivity index (χ0) is 14.4. The molecule has 112 valence electrons. The zero-order valence-corrected chi connectivity index (χ0v) is 13.3. The van der Waals surface area contributed by atoms with Crippen molar-refractivity contribution in [1.29, 1.82) is 0 Å². The van der Waals surface area contributed by atoms with Crippen molar-refractivity contribution < 1.29 is 4.74 Å². The lowest BCUT2D eigenvalue weighted by Crippen LogP contribution is -2.37. The maximum Gasteiger partial charge on any atom is 0.119 e. The second-order valence-corrected chi connectivity index (χ2v) is 6.26. The van der Waals surface area contributed by atoms with Gasteiger partial charge in [0.1, 0.15) is 5.75 Å². The highest BCUT2D eigenvalue weighted by Gasteiger charge is 2.17. The Bertz CT molecular complexity index is 381. The molecular weight excluding hydrogens is 246 g/mol. The molecule has 0 aliphatic carbocycles. The van der Waals surface area contributed by atoms with Crippen molar-refractivity contribution in [2.75, 3.05) is 13.1 Å². The van der Waals surface area contributed by atoms with Crippen molar-refractivity contribution in [2.45, 2.75) is 65.0 Å². The van der Waals surface area contributed by atoms with Gasteiger partial charge in [-0.05, 0) is 71.7 Å². The zero-order valence-electron chi connectivity index (χ0n) is 13.3. The Morgan fingerprint density at radius 2 is 1.65 bits per heavy atom. The molecule has 1 aromatic rings. The molecule has 1 aromatic carbocycles. The average Bonchev–Trinajstić information content (AvgIpc) is 2.48. The number of ether oxygens (including phenoxy) is 1. The predicted molar refractivity (Wildman–Crippen MR) is 85.4 cm³/mol. The second kappa shape index (κ2) is 7.68. The van der Waals surface area contributed by atoms with Crippen molar-refractivity contribution in [3.63, 3.8) is 0 Å². The van der Waals surface area contributed by atoms with Crippen molar-refractivity contribution >= 4 is 0 Å². The fourth-order valence-corrected chi connectivity index (χ4v) is 2.93. The van der Waals surface area contributed by atoms with E-state index in [1.54, 1.807) is 0 Å². The molecule has 0 bridgehead atoms.